The lowest BCUT2D eigenvalue weighted by Gasteiger charge is -2.28. The van der Waals surface area contributed by atoms with Crippen molar-refractivity contribution >= 4 is 28.6 Å². The molecule has 3 aliphatic rings. The molecule has 27 heavy (non-hydrogen) atoms. The molecule has 0 bridgehead atoms. The number of rotatable bonds is 5. The summed E-state index contributed by atoms with van der Waals surface area (Å²) in [6.45, 7) is 4.04. The van der Waals surface area contributed by atoms with Crippen LogP contribution in [0.4, 0.5) is 5.69 Å². The molecule has 1 amide bonds. The Labute approximate surface area is 157 Å². The molecule has 1 unspecified atom stereocenters. The summed E-state index contributed by atoms with van der Waals surface area (Å²) < 4.78 is 5.43. The molecular formula is C19H24N6O2. The van der Waals surface area contributed by atoms with E-state index in [4.69, 9.17) is 4.74 Å². The Bertz CT molecular complexity index is 881. The van der Waals surface area contributed by atoms with Crippen LogP contribution in [0.1, 0.15) is 18.4 Å². The van der Waals surface area contributed by atoms with Gasteiger partial charge in [0.1, 0.15) is 11.7 Å². The largest absolute Gasteiger partial charge is 0.378 e. The number of aliphatic imine (C=N–C) groups is 1. The summed E-state index contributed by atoms with van der Waals surface area (Å²) in [5.41, 5.74) is 3.04. The fraction of sp³-hybridized carbons (Fsp3) is 0.526. The maximum Gasteiger partial charge on any atom is 0.249 e. The van der Waals surface area contributed by atoms with Gasteiger partial charge in [-0.05, 0) is 30.4 Å². The van der Waals surface area contributed by atoms with Gasteiger partial charge in [-0.25, -0.2) is 4.98 Å². The number of carbonyl (C=O) groups is 1. The third-order valence-electron chi connectivity index (χ3n) is 5.48. The highest BCUT2D eigenvalue weighted by molar-refractivity contribution is 6.06. The first-order valence-corrected chi connectivity index (χ1v) is 9.67. The molecule has 2 aromatic heterocycles. The van der Waals surface area contributed by atoms with E-state index in [-0.39, 0.29) is 11.9 Å². The highest BCUT2D eigenvalue weighted by Gasteiger charge is 2.30. The summed E-state index contributed by atoms with van der Waals surface area (Å²) in [5, 5.41) is 7.16. The number of pyridine rings is 1. The van der Waals surface area contributed by atoms with Crippen LogP contribution < -0.4 is 15.5 Å². The highest BCUT2D eigenvalue weighted by Crippen LogP contribution is 2.29. The summed E-state index contributed by atoms with van der Waals surface area (Å²) in [4.78, 5) is 26.9. The molecule has 4 heterocycles. The van der Waals surface area contributed by atoms with Crippen LogP contribution in [0.15, 0.2) is 23.5 Å². The third-order valence-corrected chi connectivity index (χ3v) is 5.48. The Morgan fingerprint density at radius 1 is 1.30 bits per heavy atom. The first-order valence-electron chi connectivity index (χ1n) is 9.67. The van der Waals surface area contributed by atoms with Crippen LogP contribution in [0, 0.1) is 5.92 Å². The number of nitrogens with one attached hydrogen (secondary N) is 3. The van der Waals surface area contributed by atoms with Crippen molar-refractivity contribution in [2.24, 2.45) is 10.9 Å². The number of morpholine rings is 1. The summed E-state index contributed by atoms with van der Waals surface area (Å²) in [6, 6.07) is 1.86. The number of nitrogens with zero attached hydrogens (tertiary/aromatic N) is 3. The first kappa shape index (κ1) is 16.6. The summed E-state index contributed by atoms with van der Waals surface area (Å²) in [7, 11) is 0. The van der Waals surface area contributed by atoms with Crippen molar-refractivity contribution in [3.63, 3.8) is 0 Å². The molecule has 1 aliphatic carbocycles. The van der Waals surface area contributed by atoms with Gasteiger partial charge in [-0.2, -0.15) is 0 Å². The molecule has 1 saturated carbocycles. The molecule has 1 atom stereocenters. The summed E-state index contributed by atoms with van der Waals surface area (Å²) in [6.07, 6.45) is 6.96. The molecule has 8 nitrogen and oxygen atoms in total. The van der Waals surface area contributed by atoms with Crippen molar-refractivity contribution in [3.05, 3.63) is 24.0 Å². The van der Waals surface area contributed by atoms with Gasteiger partial charge in [0.25, 0.3) is 0 Å². The lowest BCUT2D eigenvalue weighted by Crippen LogP contribution is -2.36. The van der Waals surface area contributed by atoms with Gasteiger partial charge in [-0.1, -0.05) is 0 Å². The molecule has 2 saturated heterocycles. The smallest absolute Gasteiger partial charge is 0.249 e. The van der Waals surface area contributed by atoms with Gasteiger partial charge in [0.05, 0.1) is 25.1 Å². The molecule has 3 N–H and O–H groups in total. The standard InChI is InChI=1S/C19H24N6O2/c26-18-16(23-19(24-18)22-9-12-1-2-12)7-13-10-20-17-15(13)8-14(11-21-17)25-3-5-27-6-4-25/h8,10-12,16H,1-7,9H2,(H,20,21)(H2,22,23,24,26). The molecule has 5 rings (SSSR count). The van der Waals surface area contributed by atoms with E-state index in [9.17, 15) is 4.79 Å². The second-order valence-electron chi connectivity index (χ2n) is 7.53. The molecule has 0 radical (unpaired) electrons. The van der Waals surface area contributed by atoms with Crippen molar-refractivity contribution in [3.8, 4) is 0 Å². The zero-order chi connectivity index (χ0) is 18.2. The van der Waals surface area contributed by atoms with Gasteiger partial charge in [-0.15, -0.1) is 0 Å². The van der Waals surface area contributed by atoms with E-state index >= 15 is 0 Å². The maximum atomic E-state index is 12.3. The minimum absolute atomic E-state index is 0.0174. The van der Waals surface area contributed by atoms with Gasteiger partial charge >= 0.3 is 0 Å². The number of hydrogen-bond acceptors (Lipinski definition) is 5. The van der Waals surface area contributed by atoms with Gasteiger partial charge in [-0.3, -0.25) is 15.1 Å². The fourth-order valence-electron chi connectivity index (χ4n) is 3.65. The quantitative estimate of drug-likeness (QED) is 0.726. The zero-order valence-corrected chi connectivity index (χ0v) is 15.2. The Morgan fingerprint density at radius 3 is 2.96 bits per heavy atom. The molecule has 142 valence electrons. The van der Waals surface area contributed by atoms with E-state index in [1.165, 1.54) is 12.8 Å². The molecule has 2 aliphatic heterocycles. The van der Waals surface area contributed by atoms with E-state index in [0.29, 0.717) is 18.3 Å². The predicted molar refractivity (Wildman–Crippen MR) is 103 cm³/mol. The van der Waals surface area contributed by atoms with Gasteiger partial charge in [0.2, 0.25) is 5.91 Å². The third kappa shape index (κ3) is 3.49. The monoisotopic (exact) mass is 368 g/mol. The van der Waals surface area contributed by atoms with Crippen molar-refractivity contribution in [1.29, 1.82) is 0 Å². The molecular weight excluding hydrogens is 344 g/mol. The van der Waals surface area contributed by atoms with Crippen molar-refractivity contribution < 1.29 is 9.53 Å². The number of aromatic amines is 1. The van der Waals surface area contributed by atoms with Crippen LogP contribution in [0.3, 0.4) is 0 Å². The van der Waals surface area contributed by atoms with E-state index in [1.807, 2.05) is 12.4 Å². The number of ether oxygens (including phenoxy) is 1. The molecule has 0 aromatic carbocycles. The Balaban J connectivity index is 1.33. The predicted octanol–water partition coefficient (Wildman–Crippen LogP) is 0.796. The molecule has 2 aromatic rings. The number of anilines is 1. The highest BCUT2D eigenvalue weighted by atomic mass is 16.5. The van der Waals surface area contributed by atoms with E-state index in [0.717, 1.165) is 55.1 Å². The van der Waals surface area contributed by atoms with Gasteiger partial charge in [0.15, 0.2) is 5.96 Å². The van der Waals surface area contributed by atoms with Crippen molar-refractivity contribution in [1.82, 2.24) is 20.6 Å². The SMILES string of the molecule is O=C1NC(=NCC2CC2)NC1Cc1c[nH]c2ncc(N3CCOCC3)cc12. The number of guanidine groups is 1. The second-order valence-corrected chi connectivity index (χ2v) is 7.53. The number of amides is 1. The lowest BCUT2D eigenvalue weighted by atomic mass is 10.1. The van der Waals surface area contributed by atoms with Crippen LogP contribution >= 0.6 is 0 Å². The van der Waals surface area contributed by atoms with E-state index in [1.54, 1.807) is 0 Å². The van der Waals surface area contributed by atoms with E-state index in [2.05, 4.69) is 36.6 Å². The van der Waals surface area contributed by atoms with Gasteiger partial charge < -0.3 is 19.9 Å². The Morgan fingerprint density at radius 2 is 2.15 bits per heavy atom. The molecule has 3 fully saturated rings. The van der Waals surface area contributed by atoms with Crippen LogP contribution in [0.5, 0.6) is 0 Å². The van der Waals surface area contributed by atoms with Crippen molar-refractivity contribution in [2.75, 3.05) is 37.7 Å². The van der Waals surface area contributed by atoms with Crippen molar-refractivity contribution in [2.45, 2.75) is 25.3 Å². The minimum atomic E-state index is -0.297. The Kier molecular flexibility index (Phi) is 4.20. The Hall–Kier alpha value is -2.61. The number of hydrogen-bond donors (Lipinski definition) is 3. The maximum absolute atomic E-state index is 12.3. The average Bonchev–Trinajstić information content (AvgIpc) is 3.36. The number of fused-ring (bicyclic) bond motifs is 1. The first-order chi connectivity index (χ1) is 13.3. The topological polar surface area (TPSA) is 94.6 Å². The minimum Gasteiger partial charge on any atom is -0.378 e. The number of aromatic nitrogens is 2. The number of carbonyl (C=O) groups excluding carboxylic acids is 1. The zero-order valence-electron chi connectivity index (χ0n) is 15.2. The summed E-state index contributed by atoms with van der Waals surface area (Å²) >= 11 is 0. The lowest BCUT2D eigenvalue weighted by molar-refractivity contribution is -0.120. The molecule has 8 heteroatoms. The summed E-state index contributed by atoms with van der Waals surface area (Å²) in [5.74, 6) is 1.30. The molecule has 0 spiro atoms. The normalized spacial score (nSPS) is 24.4. The van der Waals surface area contributed by atoms with Gasteiger partial charge in [0, 0.05) is 37.6 Å². The van der Waals surface area contributed by atoms with Crippen LogP contribution in [0.2, 0.25) is 0 Å². The second kappa shape index (κ2) is 6.84. The average molecular weight is 368 g/mol. The van der Waals surface area contributed by atoms with Crippen LogP contribution in [-0.4, -0.2) is 60.7 Å². The fourth-order valence-corrected chi connectivity index (χ4v) is 3.65. The van der Waals surface area contributed by atoms with E-state index < -0.39 is 0 Å². The van der Waals surface area contributed by atoms with Crippen LogP contribution in [-0.2, 0) is 16.0 Å². The van der Waals surface area contributed by atoms with Crippen LogP contribution in [0.25, 0.3) is 11.0 Å². The number of H-pyrrole nitrogens is 1.